The molecule has 1 aliphatic heterocycles. The van der Waals surface area contributed by atoms with E-state index in [1.54, 1.807) is 18.2 Å². The number of hydrogen-bond donors (Lipinski definition) is 1. The van der Waals surface area contributed by atoms with E-state index in [4.69, 9.17) is 17.3 Å². The number of nitrogens with two attached hydrogens (primary N) is 1. The Balaban J connectivity index is 1.82. The van der Waals surface area contributed by atoms with E-state index < -0.39 is 17.2 Å². The molecule has 2 atom stereocenters. The number of nitrogens with zero attached hydrogens (tertiary/aromatic N) is 1. The minimum atomic E-state index is -4.39. The van der Waals surface area contributed by atoms with E-state index in [0.717, 1.165) is 18.1 Å². The van der Waals surface area contributed by atoms with Crippen molar-refractivity contribution < 1.29 is 18.0 Å². The summed E-state index contributed by atoms with van der Waals surface area (Å²) in [5.74, 6) is 0.231. The molecule has 2 N–H and O–H groups in total. The van der Waals surface area contributed by atoms with Crippen molar-refractivity contribution in [2.75, 3.05) is 18.8 Å². The van der Waals surface area contributed by atoms with Gasteiger partial charge in [-0.25, -0.2) is 0 Å². The van der Waals surface area contributed by atoms with Gasteiger partial charge in [-0.1, -0.05) is 56.6 Å². The number of hydrogen-bond acceptors (Lipinski definition) is 2. The van der Waals surface area contributed by atoms with Crippen molar-refractivity contribution >= 4 is 23.2 Å². The van der Waals surface area contributed by atoms with Crippen LogP contribution < -0.4 is 5.73 Å². The molecule has 180 valence electrons. The van der Waals surface area contributed by atoms with Crippen LogP contribution in [0, 0.1) is 17.3 Å². The molecule has 1 saturated heterocycles. The van der Waals surface area contributed by atoms with Crippen LogP contribution in [0.15, 0.2) is 42.5 Å². The third-order valence-electron chi connectivity index (χ3n) is 6.49. The van der Waals surface area contributed by atoms with Gasteiger partial charge in [-0.05, 0) is 66.8 Å². The summed E-state index contributed by atoms with van der Waals surface area (Å²) in [6.07, 6.45) is -1.89. The SMILES string of the molecule is CC(C)(C)C(=O)N1CCC(C(CCc2ccc(N)c(Cl)c2)Cc2ccccc2C(F)(F)F)C1. The zero-order valence-corrected chi connectivity index (χ0v) is 20.1. The van der Waals surface area contributed by atoms with Gasteiger partial charge < -0.3 is 10.6 Å². The molecule has 1 aliphatic rings. The predicted molar refractivity (Wildman–Crippen MR) is 127 cm³/mol. The van der Waals surface area contributed by atoms with Crippen LogP contribution in [0.2, 0.25) is 5.02 Å². The fraction of sp³-hybridized carbons (Fsp3) is 0.500. The lowest BCUT2D eigenvalue weighted by atomic mass is 9.81. The number of likely N-dealkylation sites (tertiary alicyclic amines) is 1. The highest BCUT2D eigenvalue weighted by Gasteiger charge is 2.38. The van der Waals surface area contributed by atoms with Crippen molar-refractivity contribution in [3.8, 4) is 0 Å². The van der Waals surface area contributed by atoms with E-state index in [1.807, 2.05) is 37.8 Å². The van der Waals surface area contributed by atoms with Crippen LogP contribution in [0.25, 0.3) is 0 Å². The van der Waals surface area contributed by atoms with Gasteiger partial charge in [-0.2, -0.15) is 13.2 Å². The van der Waals surface area contributed by atoms with Gasteiger partial charge in [-0.3, -0.25) is 4.79 Å². The summed E-state index contributed by atoms with van der Waals surface area (Å²) >= 11 is 6.16. The topological polar surface area (TPSA) is 46.3 Å². The average Bonchev–Trinajstić information content (AvgIpc) is 3.21. The zero-order chi connectivity index (χ0) is 24.4. The van der Waals surface area contributed by atoms with Gasteiger partial charge >= 0.3 is 6.18 Å². The van der Waals surface area contributed by atoms with Crippen LogP contribution >= 0.6 is 11.6 Å². The summed E-state index contributed by atoms with van der Waals surface area (Å²) in [6.45, 7) is 6.91. The summed E-state index contributed by atoms with van der Waals surface area (Å²) in [5, 5.41) is 0.481. The fourth-order valence-electron chi connectivity index (χ4n) is 4.67. The molecule has 1 fully saturated rings. The first kappa shape index (κ1) is 25.4. The molecule has 0 bridgehead atoms. The van der Waals surface area contributed by atoms with Gasteiger partial charge in [0.1, 0.15) is 0 Å². The molecule has 33 heavy (non-hydrogen) atoms. The molecule has 3 rings (SSSR count). The van der Waals surface area contributed by atoms with Gasteiger partial charge in [0.25, 0.3) is 0 Å². The number of carbonyl (C=O) groups excluding carboxylic acids is 1. The number of halogens is 4. The highest BCUT2D eigenvalue weighted by molar-refractivity contribution is 6.33. The van der Waals surface area contributed by atoms with Gasteiger partial charge in [0.05, 0.1) is 16.3 Å². The first-order chi connectivity index (χ1) is 15.4. The lowest BCUT2D eigenvalue weighted by Gasteiger charge is -2.28. The number of benzene rings is 2. The van der Waals surface area contributed by atoms with E-state index >= 15 is 0 Å². The van der Waals surface area contributed by atoms with Crippen molar-refractivity contribution in [1.82, 2.24) is 4.90 Å². The minimum Gasteiger partial charge on any atom is -0.398 e. The van der Waals surface area contributed by atoms with Crippen LogP contribution in [0.3, 0.4) is 0 Å². The molecule has 2 aromatic rings. The van der Waals surface area contributed by atoms with Gasteiger partial charge in [0.2, 0.25) is 5.91 Å². The fourth-order valence-corrected chi connectivity index (χ4v) is 4.87. The lowest BCUT2D eigenvalue weighted by Crippen LogP contribution is -2.38. The molecule has 7 heteroatoms. The Kier molecular flexibility index (Phi) is 7.67. The normalized spacial score (nSPS) is 17.9. The van der Waals surface area contributed by atoms with Gasteiger partial charge in [0, 0.05) is 18.5 Å². The van der Waals surface area contributed by atoms with Crippen LogP contribution in [0.1, 0.15) is 50.3 Å². The molecular formula is C26H32ClF3N2O. The molecule has 0 radical (unpaired) electrons. The molecule has 0 aliphatic carbocycles. The highest BCUT2D eigenvalue weighted by atomic mass is 35.5. The number of rotatable bonds is 6. The molecule has 1 heterocycles. The summed E-state index contributed by atoms with van der Waals surface area (Å²) < 4.78 is 40.9. The van der Waals surface area contributed by atoms with Crippen LogP contribution in [-0.4, -0.2) is 23.9 Å². The molecule has 0 aromatic heterocycles. The van der Waals surface area contributed by atoms with Crippen molar-refractivity contribution in [2.45, 2.75) is 52.6 Å². The van der Waals surface area contributed by atoms with E-state index in [-0.39, 0.29) is 17.7 Å². The quantitative estimate of drug-likeness (QED) is 0.472. The summed E-state index contributed by atoms with van der Waals surface area (Å²) in [6, 6.07) is 11.3. The Bertz CT molecular complexity index is 984. The van der Waals surface area contributed by atoms with E-state index in [2.05, 4.69) is 0 Å². The standard InChI is InChI=1S/C26H32ClF3N2O/c1-25(2,3)24(33)32-13-12-20(16-32)18(10-8-17-9-11-23(31)22(27)14-17)15-19-6-4-5-7-21(19)26(28,29)30/h4-7,9,11,14,18,20H,8,10,12-13,15-16,31H2,1-3H3. The smallest absolute Gasteiger partial charge is 0.398 e. The summed E-state index contributed by atoms with van der Waals surface area (Å²) in [4.78, 5) is 14.6. The predicted octanol–water partition coefficient (Wildman–Crippen LogP) is 6.63. The second-order valence-electron chi connectivity index (χ2n) is 10.1. The van der Waals surface area contributed by atoms with Crippen molar-refractivity contribution in [3.05, 3.63) is 64.2 Å². The maximum atomic E-state index is 13.6. The molecule has 0 spiro atoms. The maximum absolute atomic E-state index is 13.6. The molecule has 1 amide bonds. The molecule has 3 nitrogen and oxygen atoms in total. The monoisotopic (exact) mass is 480 g/mol. The number of anilines is 1. The van der Waals surface area contributed by atoms with Crippen LogP contribution in [0.4, 0.5) is 18.9 Å². The minimum absolute atomic E-state index is 0.00240. The Morgan fingerprint density at radius 3 is 2.52 bits per heavy atom. The third-order valence-corrected chi connectivity index (χ3v) is 6.82. The maximum Gasteiger partial charge on any atom is 0.416 e. The average molecular weight is 481 g/mol. The third kappa shape index (κ3) is 6.44. The summed E-state index contributed by atoms with van der Waals surface area (Å²) in [5.41, 5.74) is 6.57. The van der Waals surface area contributed by atoms with Crippen LogP contribution in [-0.2, 0) is 23.8 Å². The lowest BCUT2D eigenvalue weighted by molar-refractivity contribution is -0.138. The number of alkyl halides is 3. The second kappa shape index (κ2) is 9.96. The number of nitrogen functional groups attached to an aromatic ring is 1. The number of carbonyl (C=O) groups is 1. The van der Waals surface area contributed by atoms with Gasteiger partial charge in [-0.15, -0.1) is 0 Å². The first-order valence-electron chi connectivity index (χ1n) is 11.3. The number of amides is 1. The Morgan fingerprint density at radius 2 is 1.88 bits per heavy atom. The van der Waals surface area contributed by atoms with E-state index in [9.17, 15) is 18.0 Å². The summed E-state index contributed by atoms with van der Waals surface area (Å²) in [7, 11) is 0. The Labute approximate surface area is 199 Å². The van der Waals surface area contributed by atoms with E-state index in [0.29, 0.717) is 48.6 Å². The molecule has 0 saturated carbocycles. The molecule has 2 unspecified atom stereocenters. The van der Waals surface area contributed by atoms with Gasteiger partial charge in [0.15, 0.2) is 0 Å². The Morgan fingerprint density at radius 1 is 1.18 bits per heavy atom. The van der Waals surface area contributed by atoms with Crippen molar-refractivity contribution in [3.63, 3.8) is 0 Å². The van der Waals surface area contributed by atoms with Crippen LogP contribution in [0.5, 0.6) is 0 Å². The Hall–Kier alpha value is -2.21. The molecular weight excluding hydrogens is 449 g/mol. The molecule has 2 aromatic carbocycles. The zero-order valence-electron chi connectivity index (χ0n) is 19.4. The second-order valence-corrected chi connectivity index (χ2v) is 10.5. The van der Waals surface area contributed by atoms with Crippen molar-refractivity contribution in [2.24, 2.45) is 17.3 Å². The first-order valence-corrected chi connectivity index (χ1v) is 11.7. The number of aryl methyl sites for hydroxylation is 1. The highest BCUT2D eigenvalue weighted by Crippen LogP contribution is 2.37. The van der Waals surface area contributed by atoms with E-state index in [1.165, 1.54) is 6.07 Å². The largest absolute Gasteiger partial charge is 0.416 e. The van der Waals surface area contributed by atoms with Crippen molar-refractivity contribution in [1.29, 1.82) is 0 Å².